The Kier molecular flexibility index (Phi) is 5.33. The van der Waals surface area contributed by atoms with Crippen molar-refractivity contribution < 1.29 is 13.9 Å². The molecule has 0 aliphatic heterocycles. The SMILES string of the molecule is C[C@H](Oc1ccc(F)cc1Cl)C(=O)N(C)Cc1ccncc1. The number of halogens is 2. The van der Waals surface area contributed by atoms with E-state index in [1.165, 1.54) is 12.1 Å². The molecule has 1 aromatic carbocycles. The van der Waals surface area contributed by atoms with Gasteiger partial charge in [0.1, 0.15) is 11.6 Å². The Morgan fingerprint density at radius 1 is 1.36 bits per heavy atom. The molecule has 0 N–H and O–H groups in total. The largest absolute Gasteiger partial charge is 0.479 e. The van der Waals surface area contributed by atoms with E-state index in [0.717, 1.165) is 11.6 Å². The summed E-state index contributed by atoms with van der Waals surface area (Å²) in [5.74, 6) is -0.371. The Morgan fingerprint density at radius 3 is 2.68 bits per heavy atom. The lowest BCUT2D eigenvalue weighted by Gasteiger charge is -2.22. The van der Waals surface area contributed by atoms with Gasteiger partial charge in [0, 0.05) is 26.0 Å². The van der Waals surface area contributed by atoms with Crippen LogP contribution in [0.15, 0.2) is 42.7 Å². The van der Waals surface area contributed by atoms with E-state index in [2.05, 4.69) is 4.98 Å². The first-order chi connectivity index (χ1) is 10.5. The highest BCUT2D eigenvalue weighted by Gasteiger charge is 2.20. The summed E-state index contributed by atoms with van der Waals surface area (Å²) in [5.41, 5.74) is 0.970. The van der Waals surface area contributed by atoms with Crippen LogP contribution in [-0.2, 0) is 11.3 Å². The highest BCUT2D eigenvalue weighted by Crippen LogP contribution is 2.26. The van der Waals surface area contributed by atoms with Crippen LogP contribution in [0.25, 0.3) is 0 Å². The van der Waals surface area contributed by atoms with Gasteiger partial charge in [0.15, 0.2) is 6.10 Å². The molecule has 0 unspecified atom stereocenters. The Hall–Kier alpha value is -2.14. The van der Waals surface area contributed by atoms with Gasteiger partial charge < -0.3 is 9.64 Å². The molecule has 4 nitrogen and oxygen atoms in total. The maximum Gasteiger partial charge on any atom is 0.263 e. The second-order valence-electron chi connectivity index (χ2n) is 4.88. The van der Waals surface area contributed by atoms with Gasteiger partial charge in [0.2, 0.25) is 0 Å². The molecule has 0 aliphatic carbocycles. The number of ether oxygens (including phenoxy) is 1. The number of rotatable bonds is 5. The minimum absolute atomic E-state index is 0.136. The van der Waals surface area contributed by atoms with E-state index in [0.29, 0.717) is 6.54 Å². The summed E-state index contributed by atoms with van der Waals surface area (Å²) in [6.45, 7) is 2.08. The summed E-state index contributed by atoms with van der Waals surface area (Å²) in [6, 6.07) is 7.47. The molecule has 116 valence electrons. The van der Waals surface area contributed by atoms with Crippen molar-refractivity contribution in [3.05, 3.63) is 59.1 Å². The summed E-state index contributed by atoms with van der Waals surface area (Å²) in [7, 11) is 1.69. The zero-order valence-electron chi connectivity index (χ0n) is 12.3. The lowest BCUT2D eigenvalue weighted by atomic mass is 10.2. The Balaban J connectivity index is 1.99. The second-order valence-corrected chi connectivity index (χ2v) is 5.29. The van der Waals surface area contributed by atoms with Crippen LogP contribution in [0.2, 0.25) is 5.02 Å². The molecule has 0 spiro atoms. The highest BCUT2D eigenvalue weighted by molar-refractivity contribution is 6.32. The number of carbonyl (C=O) groups excluding carboxylic acids is 1. The average molecular weight is 323 g/mol. The van der Waals surface area contributed by atoms with Gasteiger partial charge in [0.25, 0.3) is 5.91 Å². The maximum atomic E-state index is 13.0. The minimum Gasteiger partial charge on any atom is -0.479 e. The van der Waals surface area contributed by atoms with Gasteiger partial charge in [-0.3, -0.25) is 9.78 Å². The normalized spacial score (nSPS) is 11.8. The molecular formula is C16H16ClFN2O2. The van der Waals surface area contributed by atoms with Gasteiger partial charge in [-0.15, -0.1) is 0 Å². The van der Waals surface area contributed by atoms with Crippen LogP contribution < -0.4 is 4.74 Å². The van der Waals surface area contributed by atoms with E-state index < -0.39 is 11.9 Å². The molecule has 0 fully saturated rings. The van der Waals surface area contributed by atoms with Gasteiger partial charge in [0.05, 0.1) is 5.02 Å². The maximum absolute atomic E-state index is 13.0. The van der Waals surface area contributed by atoms with E-state index in [4.69, 9.17) is 16.3 Å². The number of likely N-dealkylation sites (N-methyl/N-ethyl adjacent to an activating group) is 1. The Bertz CT molecular complexity index is 652. The molecule has 0 radical (unpaired) electrons. The van der Waals surface area contributed by atoms with Crippen molar-refractivity contribution in [3.63, 3.8) is 0 Å². The van der Waals surface area contributed by atoms with Gasteiger partial charge >= 0.3 is 0 Å². The van der Waals surface area contributed by atoms with Crippen LogP contribution in [0.5, 0.6) is 5.75 Å². The minimum atomic E-state index is -0.727. The molecule has 1 heterocycles. The number of carbonyl (C=O) groups is 1. The zero-order valence-corrected chi connectivity index (χ0v) is 13.0. The molecule has 0 aliphatic rings. The van der Waals surface area contributed by atoms with Crippen LogP contribution in [0, 0.1) is 5.82 Å². The molecular weight excluding hydrogens is 307 g/mol. The summed E-state index contributed by atoms with van der Waals surface area (Å²) >= 11 is 5.89. The van der Waals surface area contributed by atoms with Crippen LogP contribution in [-0.4, -0.2) is 28.9 Å². The molecule has 1 amide bonds. The fraction of sp³-hybridized carbons (Fsp3) is 0.250. The topological polar surface area (TPSA) is 42.4 Å². The number of benzene rings is 1. The second kappa shape index (κ2) is 7.22. The number of nitrogens with zero attached hydrogens (tertiary/aromatic N) is 2. The van der Waals surface area contributed by atoms with E-state index >= 15 is 0 Å². The smallest absolute Gasteiger partial charge is 0.263 e. The van der Waals surface area contributed by atoms with E-state index in [9.17, 15) is 9.18 Å². The summed E-state index contributed by atoms with van der Waals surface area (Å²) < 4.78 is 18.5. The van der Waals surface area contributed by atoms with E-state index in [1.807, 2.05) is 12.1 Å². The Morgan fingerprint density at radius 2 is 2.05 bits per heavy atom. The number of hydrogen-bond donors (Lipinski definition) is 0. The summed E-state index contributed by atoms with van der Waals surface area (Å²) in [5, 5.41) is 0.136. The molecule has 6 heteroatoms. The molecule has 2 aromatic rings. The lowest BCUT2D eigenvalue weighted by molar-refractivity contribution is -0.137. The van der Waals surface area contributed by atoms with Gasteiger partial charge in [-0.2, -0.15) is 0 Å². The number of aromatic nitrogens is 1. The molecule has 0 saturated heterocycles. The lowest BCUT2D eigenvalue weighted by Crippen LogP contribution is -2.37. The molecule has 1 atom stereocenters. The highest BCUT2D eigenvalue weighted by atomic mass is 35.5. The standard InChI is InChI=1S/C16H16ClFN2O2/c1-11(22-15-4-3-13(18)9-14(15)17)16(21)20(2)10-12-5-7-19-8-6-12/h3-9,11H,10H2,1-2H3/t11-/m0/s1. The predicted octanol–water partition coefficient (Wildman–Crippen LogP) is 3.30. The predicted molar refractivity (Wildman–Crippen MR) is 82.2 cm³/mol. The van der Waals surface area contributed by atoms with Crippen molar-refractivity contribution in [1.82, 2.24) is 9.88 Å². The van der Waals surface area contributed by atoms with Crippen molar-refractivity contribution >= 4 is 17.5 Å². The van der Waals surface area contributed by atoms with Gasteiger partial charge in [-0.25, -0.2) is 4.39 Å². The van der Waals surface area contributed by atoms with Crippen LogP contribution >= 0.6 is 11.6 Å². The van der Waals surface area contributed by atoms with Crippen molar-refractivity contribution in [2.75, 3.05) is 7.05 Å². The van der Waals surface area contributed by atoms with Crippen LogP contribution in [0.4, 0.5) is 4.39 Å². The van der Waals surface area contributed by atoms with Crippen molar-refractivity contribution in [3.8, 4) is 5.75 Å². The molecule has 2 rings (SSSR count). The average Bonchev–Trinajstić information content (AvgIpc) is 2.50. The monoisotopic (exact) mass is 322 g/mol. The van der Waals surface area contributed by atoms with E-state index in [-0.39, 0.29) is 16.7 Å². The van der Waals surface area contributed by atoms with Crippen molar-refractivity contribution in [2.24, 2.45) is 0 Å². The molecule has 0 saturated carbocycles. The van der Waals surface area contributed by atoms with E-state index in [1.54, 1.807) is 31.3 Å². The van der Waals surface area contributed by atoms with Crippen molar-refractivity contribution in [2.45, 2.75) is 19.6 Å². The first-order valence-corrected chi connectivity index (χ1v) is 7.10. The first kappa shape index (κ1) is 16.2. The van der Waals surface area contributed by atoms with Crippen LogP contribution in [0.1, 0.15) is 12.5 Å². The number of amides is 1. The van der Waals surface area contributed by atoms with Crippen LogP contribution in [0.3, 0.4) is 0 Å². The number of pyridine rings is 1. The summed E-state index contributed by atoms with van der Waals surface area (Å²) in [6.07, 6.45) is 2.62. The third-order valence-electron chi connectivity index (χ3n) is 3.09. The van der Waals surface area contributed by atoms with Gasteiger partial charge in [-0.05, 0) is 42.8 Å². The fourth-order valence-electron chi connectivity index (χ4n) is 1.96. The Labute approximate surface area is 133 Å². The zero-order chi connectivity index (χ0) is 16.1. The quantitative estimate of drug-likeness (QED) is 0.848. The molecule has 22 heavy (non-hydrogen) atoms. The molecule has 1 aromatic heterocycles. The third-order valence-corrected chi connectivity index (χ3v) is 3.39. The third kappa shape index (κ3) is 4.18. The first-order valence-electron chi connectivity index (χ1n) is 6.73. The number of hydrogen-bond acceptors (Lipinski definition) is 3. The fourth-order valence-corrected chi connectivity index (χ4v) is 2.17. The summed E-state index contributed by atoms with van der Waals surface area (Å²) in [4.78, 5) is 17.8. The van der Waals surface area contributed by atoms with Crippen molar-refractivity contribution in [1.29, 1.82) is 0 Å². The van der Waals surface area contributed by atoms with Gasteiger partial charge in [-0.1, -0.05) is 11.6 Å². The molecule has 0 bridgehead atoms.